The summed E-state index contributed by atoms with van der Waals surface area (Å²) in [6, 6.07) is 6.56. The number of benzene rings is 1. The molecule has 0 atom stereocenters. The fourth-order valence-corrected chi connectivity index (χ4v) is 3.71. The van der Waals surface area contributed by atoms with E-state index < -0.39 is 0 Å². The van der Waals surface area contributed by atoms with E-state index in [1.807, 2.05) is 4.90 Å². The van der Waals surface area contributed by atoms with Gasteiger partial charge in [0, 0.05) is 38.4 Å². The molecule has 0 radical (unpaired) electrons. The lowest BCUT2D eigenvalue weighted by Crippen LogP contribution is -2.54. The minimum Gasteiger partial charge on any atom is -0.368 e. The van der Waals surface area contributed by atoms with E-state index in [2.05, 4.69) is 4.90 Å². The zero-order chi connectivity index (χ0) is 15.6. The number of amides is 1. The minimum atomic E-state index is -0.307. The second-order valence-electron chi connectivity index (χ2n) is 6.45. The molecule has 3 rings (SSSR count). The van der Waals surface area contributed by atoms with E-state index in [0.717, 1.165) is 57.5 Å². The van der Waals surface area contributed by atoms with E-state index in [9.17, 15) is 9.18 Å². The van der Waals surface area contributed by atoms with Crippen molar-refractivity contribution in [2.45, 2.75) is 25.7 Å². The summed E-state index contributed by atoms with van der Waals surface area (Å²) in [4.78, 5) is 17.0. The highest BCUT2D eigenvalue weighted by molar-refractivity contribution is 5.85. The summed E-state index contributed by atoms with van der Waals surface area (Å²) >= 11 is 0. The Morgan fingerprint density at radius 2 is 1.58 bits per heavy atom. The van der Waals surface area contributed by atoms with Crippen molar-refractivity contribution in [2.24, 2.45) is 11.1 Å². The maximum absolute atomic E-state index is 13.0. The molecule has 1 saturated carbocycles. The Balaban J connectivity index is 0.00000144. The third kappa shape index (κ3) is 4.13. The number of piperazine rings is 1. The number of hydrogen-bond donors (Lipinski definition) is 1. The van der Waals surface area contributed by atoms with Gasteiger partial charge in [-0.3, -0.25) is 4.79 Å². The lowest BCUT2D eigenvalue weighted by Gasteiger charge is -2.40. The maximum atomic E-state index is 13.0. The SMILES string of the molecule is Cl.Cl.NCC1(C(=O)N2CCN(c3ccc(F)cc3)CC2)CCCC1. The van der Waals surface area contributed by atoms with Gasteiger partial charge in [-0.2, -0.15) is 0 Å². The van der Waals surface area contributed by atoms with E-state index in [1.165, 1.54) is 12.1 Å². The number of anilines is 1. The van der Waals surface area contributed by atoms with Crippen molar-refractivity contribution in [1.82, 2.24) is 4.90 Å². The third-order valence-electron chi connectivity index (χ3n) is 5.16. The molecule has 1 saturated heterocycles. The van der Waals surface area contributed by atoms with Crippen molar-refractivity contribution >= 4 is 36.4 Å². The molecule has 7 heteroatoms. The molecule has 0 bridgehead atoms. The largest absolute Gasteiger partial charge is 0.368 e. The quantitative estimate of drug-likeness (QED) is 0.880. The van der Waals surface area contributed by atoms with Crippen LogP contribution in [0.4, 0.5) is 10.1 Å². The van der Waals surface area contributed by atoms with Crippen molar-refractivity contribution in [2.75, 3.05) is 37.6 Å². The smallest absolute Gasteiger partial charge is 0.230 e. The molecule has 24 heavy (non-hydrogen) atoms. The van der Waals surface area contributed by atoms with Crippen LogP contribution in [0.1, 0.15) is 25.7 Å². The van der Waals surface area contributed by atoms with Crippen LogP contribution in [-0.4, -0.2) is 43.5 Å². The molecule has 136 valence electrons. The highest BCUT2D eigenvalue weighted by atomic mass is 35.5. The van der Waals surface area contributed by atoms with Gasteiger partial charge in [0.1, 0.15) is 5.82 Å². The van der Waals surface area contributed by atoms with Gasteiger partial charge in [0.05, 0.1) is 5.41 Å². The van der Waals surface area contributed by atoms with Crippen molar-refractivity contribution in [3.8, 4) is 0 Å². The minimum absolute atomic E-state index is 0. The lowest BCUT2D eigenvalue weighted by atomic mass is 9.84. The van der Waals surface area contributed by atoms with Gasteiger partial charge in [-0.1, -0.05) is 12.8 Å². The first-order valence-corrected chi connectivity index (χ1v) is 8.15. The molecule has 2 fully saturated rings. The van der Waals surface area contributed by atoms with Gasteiger partial charge in [0.15, 0.2) is 0 Å². The summed E-state index contributed by atoms with van der Waals surface area (Å²) in [7, 11) is 0. The fraction of sp³-hybridized carbons (Fsp3) is 0.588. The molecule has 0 unspecified atom stereocenters. The van der Waals surface area contributed by atoms with Gasteiger partial charge in [0.25, 0.3) is 0 Å². The zero-order valence-electron chi connectivity index (χ0n) is 13.7. The predicted molar refractivity (Wildman–Crippen MR) is 99.6 cm³/mol. The van der Waals surface area contributed by atoms with Crippen LogP contribution in [0.3, 0.4) is 0 Å². The van der Waals surface area contributed by atoms with Crippen LogP contribution >= 0.6 is 24.8 Å². The number of nitrogens with zero attached hydrogens (tertiary/aromatic N) is 2. The van der Waals surface area contributed by atoms with Crippen LogP contribution in [0.25, 0.3) is 0 Å². The Hall–Kier alpha value is -1.04. The van der Waals surface area contributed by atoms with E-state index in [-0.39, 0.29) is 42.0 Å². The molecular weight excluding hydrogens is 352 g/mol. The van der Waals surface area contributed by atoms with Crippen molar-refractivity contribution in [3.63, 3.8) is 0 Å². The molecule has 2 N–H and O–H groups in total. The second kappa shape index (κ2) is 8.88. The molecule has 1 aliphatic carbocycles. The predicted octanol–water partition coefficient (Wildman–Crippen LogP) is 2.84. The Morgan fingerprint density at radius 1 is 1.04 bits per heavy atom. The molecule has 1 aromatic carbocycles. The molecule has 1 amide bonds. The molecule has 1 aromatic rings. The summed E-state index contributed by atoms with van der Waals surface area (Å²) < 4.78 is 13.0. The molecule has 0 aromatic heterocycles. The van der Waals surface area contributed by atoms with Gasteiger partial charge in [-0.25, -0.2) is 4.39 Å². The lowest BCUT2D eigenvalue weighted by molar-refractivity contribution is -0.141. The van der Waals surface area contributed by atoms with Gasteiger partial charge < -0.3 is 15.5 Å². The van der Waals surface area contributed by atoms with Crippen LogP contribution in [0.2, 0.25) is 0 Å². The second-order valence-corrected chi connectivity index (χ2v) is 6.45. The van der Waals surface area contributed by atoms with E-state index in [1.54, 1.807) is 12.1 Å². The topological polar surface area (TPSA) is 49.6 Å². The number of halogens is 3. The van der Waals surface area contributed by atoms with E-state index >= 15 is 0 Å². The summed E-state index contributed by atoms with van der Waals surface area (Å²) in [6.07, 6.45) is 4.08. The third-order valence-corrected chi connectivity index (χ3v) is 5.16. The highest BCUT2D eigenvalue weighted by Gasteiger charge is 2.42. The summed E-state index contributed by atoms with van der Waals surface area (Å²) in [5.74, 6) is 0.0231. The van der Waals surface area contributed by atoms with Crippen LogP contribution in [0.5, 0.6) is 0 Å². The number of carbonyl (C=O) groups is 1. The van der Waals surface area contributed by atoms with Crippen LogP contribution in [0.15, 0.2) is 24.3 Å². The molecule has 1 heterocycles. The number of nitrogens with two attached hydrogens (primary N) is 1. The first kappa shape index (κ1) is 21.0. The molecule has 2 aliphatic rings. The molecule has 4 nitrogen and oxygen atoms in total. The summed E-state index contributed by atoms with van der Waals surface area (Å²) in [6.45, 7) is 3.48. The van der Waals surface area contributed by atoms with Crippen LogP contribution in [0, 0.1) is 11.2 Å². The van der Waals surface area contributed by atoms with Crippen molar-refractivity contribution in [1.29, 1.82) is 0 Å². The maximum Gasteiger partial charge on any atom is 0.230 e. The highest BCUT2D eigenvalue weighted by Crippen LogP contribution is 2.39. The van der Waals surface area contributed by atoms with Crippen LogP contribution < -0.4 is 10.6 Å². The Labute approximate surface area is 155 Å². The average Bonchev–Trinajstić information content (AvgIpc) is 3.05. The molecule has 1 aliphatic heterocycles. The first-order valence-electron chi connectivity index (χ1n) is 8.15. The number of rotatable bonds is 3. The zero-order valence-corrected chi connectivity index (χ0v) is 15.4. The Morgan fingerprint density at radius 3 is 2.08 bits per heavy atom. The fourth-order valence-electron chi connectivity index (χ4n) is 3.71. The summed E-state index contributed by atoms with van der Waals surface area (Å²) in [5, 5.41) is 0. The average molecular weight is 378 g/mol. The van der Waals surface area contributed by atoms with Crippen molar-refractivity contribution in [3.05, 3.63) is 30.1 Å². The van der Waals surface area contributed by atoms with Gasteiger partial charge in [0.2, 0.25) is 5.91 Å². The van der Waals surface area contributed by atoms with Crippen molar-refractivity contribution < 1.29 is 9.18 Å². The van der Waals surface area contributed by atoms with Gasteiger partial charge in [-0.15, -0.1) is 24.8 Å². The van der Waals surface area contributed by atoms with Crippen LogP contribution in [-0.2, 0) is 4.79 Å². The monoisotopic (exact) mass is 377 g/mol. The number of hydrogen-bond acceptors (Lipinski definition) is 3. The van der Waals surface area contributed by atoms with Gasteiger partial charge in [-0.05, 0) is 37.1 Å². The summed E-state index contributed by atoms with van der Waals surface area (Å²) in [5.41, 5.74) is 6.62. The van der Waals surface area contributed by atoms with E-state index in [4.69, 9.17) is 5.73 Å². The normalized spacial score (nSPS) is 19.4. The number of carbonyl (C=O) groups excluding carboxylic acids is 1. The Kier molecular flexibility index (Phi) is 7.77. The van der Waals surface area contributed by atoms with Gasteiger partial charge >= 0.3 is 0 Å². The Bertz CT molecular complexity index is 527. The molecule has 0 spiro atoms. The first-order chi connectivity index (χ1) is 10.6. The molecular formula is C17H26Cl2FN3O. The standard InChI is InChI=1S/C17H24FN3O.2ClH/c18-14-3-5-15(6-4-14)20-9-11-21(12-10-20)16(22)17(13-19)7-1-2-8-17;;/h3-6H,1-2,7-13,19H2;2*1H. The van der Waals surface area contributed by atoms with E-state index in [0.29, 0.717) is 6.54 Å².